The molecule has 0 radical (unpaired) electrons. The molecular formula is C18H20N4O3. The lowest BCUT2D eigenvalue weighted by Crippen LogP contribution is -2.41. The summed E-state index contributed by atoms with van der Waals surface area (Å²) in [6.45, 7) is 4.28. The van der Waals surface area contributed by atoms with Crippen molar-refractivity contribution >= 4 is 5.91 Å². The Bertz CT molecular complexity index is 843. The number of carbonyl (C=O) groups is 1. The van der Waals surface area contributed by atoms with Gasteiger partial charge in [0.1, 0.15) is 19.0 Å². The molecule has 1 amide bonds. The molecule has 1 aliphatic carbocycles. The van der Waals surface area contributed by atoms with E-state index in [1.54, 1.807) is 6.07 Å². The van der Waals surface area contributed by atoms with Gasteiger partial charge in [0.05, 0.1) is 18.2 Å². The number of aromatic nitrogens is 3. The number of carbonyl (C=O) groups excluding carboxylic acids is 1. The second-order valence-electron chi connectivity index (χ2n) is 6.83. The molecule has 0 unspecified atom stereocenters. The zero-order valence-corrected chi connectivity index (χ0v) is 14.1. The van der Waals surface area contributed by atoms with E-state index in [0.29, 0.717) is 49.3 Å². The molecular weight excluding hydrogens is 320 g/mol. The van der Waals surface area contributed by atoms with Gasteiger partial charge in [0.25, 0.3) is 5.91 Å². The lowest BCUT2D eigenvalue weighted by Gasteiger charge is -2.33. The van der Waals surface area contributed by atoms with Crippen LogP contribution in [-0.2, 0) is 6.54 Å². The van der Waals surface area contributed by atoms with E-state index in [1.807, 2.05) is 28.6 Å². The summed E-state index contributed by atoms with van der Waals surface area (Å²) in [5, 5.41) is 4.62. The zero-order valence-electron chi connectivity index (χ0n) is 14.1. The van der Waals surface area contributed by atoms with Crippen molar-refractivity contribution in [2.45, 2.75) is 38.3 Å². The van der Waals surface area contributed by atoms with E-state index in [0.717, 1.165) is 11.6 Å². The number of ether oxygens (including phenoxy) is 2. The third kappa shape index (κ3) is 2.37. The average Bonchev–Trinajstić information content (AvgIpc) is 3.40. The molecule has 1 atom stereocenters. The summed E-state index contributed by atoms with van der Waals surface area (Å²) in [5.41, 5.74) is 0.555. The lowest BCUT2D eigenvalue weighted by molar-refractivity contribution is 0.0621. The zero-order chi connectivity index (χ0) is 17.0. The second kappa shape index (κ2) is 5.47. The van der Waals surface area contributed by atoms with E-state index in [4.69, 9.17) is 14.5 Å². The number of benzene rings is 1. The van der Waals surface area contributed by atoms with E-state index in [1.165, 1.54) is 12.8 Å². The maximum Gasteiger partial charge on any atom is 0.258 e. The standard InChI is InChI=1S/C18H20N4O3/c1-11-17-19-16(12-5-6-12)20-22(17)8-7-21(11)18(23)13-3-2-4-14-15(13)25-10-9-24-14/h2-4,11-12H,5-10H2,1H3/t11-/m1/s1. The molecule has 1 aromatic heterocycles. The van der Waals surface area contributed by atoms with Crippen molar-refractivity contribution in [2.24, 2.45) is 0 Å². The van der Waals surface area contributed by atoms with Gasteiger partial charge in [0, 0.05) is 12.5 Å². The van der Waals surface area contributed by atoms with Crippen LogP contribution in [0.3, 0.4) is 0 Å². The first-order valence-electron chi connectivity index (χ1n) is 8.86. The number of amides is 1. The van der Waals surface area contributed by atoms with Gasteiger partial charge >= 0.3 is 0 Å². The van der Waals surface area contributed by atoms with E-state index in [2.05, 4.69) is 5.10 Å². The highest BCUT2D eigenvalue weighted by atomic mass is 16.6. The van der Waals surface area contributed by atoms with Crippen LogP contribution in [0.2, 0.25) is 0 Å². The predicted octanol–water partition coefficient (Wildman–Crippen LogP) is 2.14. The van der Waals surface area contributed by atoms with Gasteiger partial charge in [0.15, 0.2) is 17.3 Å². The van der Waals surface area contributed by atoms with E-state index in [9.17, 15) is 4.79 Å². The fourth-order valence-electron chi connectivity index (χ4n) is 3.57. The van der Waals surface area contributed by atoms with Gasteiger partial charge in [-0.1, -0.05) is 6.07 Å². The van der Waals surface area contributed by atoms with Crippen LogP contribution >= 0.6 is 0 Å². The molecule has 3 aliphatic rings. The van der Waals surface area contributed by atoms with Crippen LogP contribution in [0.15, 0.2) is 18.2 Å². The average molecular weight is 340 g/mol. The molecule has 0 spiro atoms. The van der Waals surface area contributed by atoms with Crippen molar-refractivity contribution in [3.8, 4) is 11.5 Å². The lowest BCUT2D eigenvalue weighted by atomic mass is 10.1. The van der Waals surface area contributed by atoms with E-state index >= 15 is 0 Å². The minimum atomic E-state index is -0.110. The number of hydrogen-bond donors (Lipinski definition) is 0. The maximum absolute atomic E-state index is 13.2. The Morgan fingerprint density at radius 3 is 2.88 bits per heavy atom. The minimum Gasteiger partial charge on any atom is -0.486 e. The molecule has 5 rings (SSSR count). The highest BCUT2D eigenvalue weighted by Crippen LogP contribution is 2.40. The molecule has 0 bridgehead atoms. The number of rotatable bonds is 2. The molecule has 2 aliphatic heterocycles. The Morgan fingerprint density at radius 2 is 2.04 bits per heavy atom. The van der Waals surface area contributed by atoms with Gasteiger partial charge in [-0.2, -0.15) is 5.10 Å². The van der Waals surface area contributed by atoms with Gasteiger partial charge in [0.2, 0.25) is 0 Å². The SMILES string of the molecule is C[C@@H]1c2nc(C3CC3)nn2CCN1C(=O)c1cccc2c1OCCO2. The van der Waals surface area contributed by atoms with Crippen molar-refractivity contribution in [1.82, 2.24) is 19.7 Å². The van der Waals surface area contributed by atoms with Crippen molar-refractivity contribution in [3.05, 3.63) is 35.4 Å². The first kappa shape index (κ1) is 14.7. The van der Waals surface area contributed by atoms with Gasteiger partial charge < -0.3 is 14.4 Å². The maximum atomic E-state index is 13.2. The van der Waals surface area contributed by atoms with Crippen molar-refractivity contribution in [3.63, 3.8) is 0 Å². The number of fused-ring (bicyclic) bond motifs is 2. The molecule has 1 fully saturated rings. The number of nitrogens with zero attached hydrogens (tertiary/aromatic N) is 4. The highest BCUT2D eigenvalue weighted by molar-refractivity contribution is 5.98. The first-order chi connectivity index (χ1) is 12.2. The summed E-state index contributed by atoms with van der Waals surface area (Å²) in [5.74, 6) is 3.48. The smallest absolute Gasteiger partial charge is 0.258 e. The van der Waals surface area contributed by atoms with Crippen LogP contribution in [0.4, 0.5) is 0 Å². The van der Waals surface area contributed by atoms with Crippen molar-refractivity contribution < 1.29 is 14.3 Å². The molecule has 7 heteroatoms. The van der Waals surface area contributed by atoms with E-state index in [-0.39, 0.29) is 11.9 Å². The Kier molecular flexibility index (Phi) is 3.23. The van der Waals surface area contributed by atoms with Gasteiger partial charge in [-0.05, 0) is 31.9 Å². The molecule has 130 valence electrons. The van der Waals surface area contributed by atoms with Crippen LogP contribution < -0.4 is 9.47 Å². The summed E-state index contributed by atoms with van der Waals surface area (Å²) in [7, 11) is 0. The Hall–Kier alpha value is -2.57. The third-order valence-electron chi connectivity index (χ3n) is 5.11. The van der Waals surface area contributed by atoms with Crippen LogP contribution in [0, 0.1) is 0 Å². The van der Waals surface area contributed by atoms with E-state index < -0.39 is 0 Å². The summed E-state index contributed by atoms with van der Waals surface area (Å²) in [6, 6.07) is 5.37. The molecule has 7 nitrogen and oxygen atoms in total. The predicted molar refractivity (Wildman–Crippen MR) is 88.9 cm³/mol. The molecule has 1 aromatic carbocycles. The monoisotopic (exact) mass is 340 g/mol. The van der Waals surface area contributed by atoms with Crippen molar-refractivity contribution in [1.29, 1.82) is 0 Å². The summed E-state index contributed by atoms with van der Waals surface area (Å²) < 4.78 is 13.3. The normalized spacial score (nSPS) is 21.8. The van der Waals surface area contributed by atoms with Gasteiger partial charge in [-0.25, -0.2) is 9.67 Å². The second-order valence-corrected chi connectivity index (χ2v) is 6.83. The molecule has 1 saturated carbocycles. The number of hydrogen-bond acceptors (Lipinski definition) is 5. The van der Waals surface area contributed by atoms with Crippen LogP contribution in [0.25, 0.3) is 0 Å². The molecule has 2 aromatic rings. The van der Waals surface area contributed by atoms with Gasteiger partial charge in [-0.15, -0.1) is 0 Å². The van der Waals surface area contributed by atoms with Crippen LogP contribution in [-0.4, -0.2) is 45.3 Å². The number of para-hydroxylation sites is 1. The fourth-order valence-corrected chi connectivity index (χ4v) is 3.57. The first-order valence-corrected chi connectivity index (χ1v) is 8.86. The summed E-state index contributed by atoms with van der Waals surface area (Å²) >= 11 is 0. The Labute approximate surface area is 145 Å². The highest BCUT2D eigenvalue weighted by Gasteiger charge is 2.36. The largest absolute Gasteiger partial charge is 0.486 e. The molecule has 0 saturated heterocycles. The quantitative estimate of drug-likeness (QED) is 0.838. The Morgan fingerprint density at radius 1 is 1.20 bits per heavy atom. The summed E-state index contributed by atoms with van der Waals surface area (Å²) in [6.07, 6.45) is 2.35. The molecule has 3 heterocycles. The fraction of sp³-hybridized carbons (Fsp3) is 0.500. The molecule has 25 heavy (non-hydrogen) atoms. The van der Waals surface area contributed by atoms with Crippen molar-refractivity contribution in [2.75, 3.05) is 19.8 Å². The Balaban J connectivity index is 1.46. The van der Waals surface area contributed by atoms with Crippen LogP contribution in [0.5, 0.6) is 11.5 Å². The molecule has 0 N–H and O–H groups in total. The van der Waals surface area contributed by atoms with Crippen LogP contribution in [0.1, 0.15) is 53.7 Å². The van der Waals surface area contributed by atoms with Gasteiger partial charge in [-0.3, -0.25) is 4.79 Å². The summed E-state index contributed by atoms with van der Waals surface area (Å²) in [4.78, 5) is 19.7. The topological polar surface area (TPSA) is 69.5 Å². The third-order valence-corrected chi connectivity index (χ3v) is 5.11. The minimum absolute atomic E-state index is 0.0444.